The maximum absolute atomic E-state index is 11.9. The predicted molar refractivity (Wildman–Crippen MR) is 68.7 cm³/mol. The zero-order valence-corrected chi connectivity index (χ0v) is 11.5. The average molecular weight is 263 g/mol. The van der Waals surface area contributed by atoms with E-state index >= 15 is 0 Å². The minimum Gasteiger partial charge on any atom is -0.360 e. The molecule has 2 aromatic heterocycles. The number of nitrogens with zero attached hydrogens (tertiary/aromatic N) is 4. The number of hydrogen-bond donors (Lipinski definition) is 1. The number of aromatic nitrogens is 4. The minimum absolute atomic E-state index is 0.0609. The predicted octanol–water partition coefficient (Wildman–Crippen LogP) is 1.78. The summed E-state index contributed by atoms with van der Waals surface area (Å²) in [4.78, 5) is 16.1. The van der Waals surface area contributed by atoms with Crippen LogP contribution in [0.1, 0.15) is 36.8 Å². The van der Waals surface area contributed by atoms with Gasteiger partial charge in [0.15, 0.2) is 5.82 Å². The summed E-state index contributed by atoms with van der Waals surface area (Å²) in [5.74, 6) is 2.47. The SMILES string of the molecule is Cc1nc(C)n([C@H](C)CC(=O)Nc2cc(C)on2)n1. The number of anilines is 1. The number of aryl methyl sites for hydroxylation is 3. The van der Waals surface area contributed by atoms with Gasteiger partial charge in [-0.1, -0.05) is 5.16 Å². The third-order valence-corrected chi connectivity index (χ3v) is 2.70. The normalized spacial score (nSPS) is 12.4. The zero-order chi connectivity index (χ0) is 14.0. The van der Waals surface area contributed by atoms with E-state index in [0.29, 0.717) is 23.8 Å². The van der Waals surface area contributed by atoms with Crippen molar-refractivity contribution in [2.24, 2.45) is 0 Å². The van der Waals surface area contributed by atoms with Crippen molar-refractivity contribution in [3.8, 4) is 0 Å². The number of carbonyl (C=O) groups excluding carboxylic acids is 1. The van der Waals surface area contributed by atoms with Crippen LogP contribution in [-0.4, -0.2) is 25.8 Å². The van der Waals surface area contributed by atoms with E-state index < -0.39 is 0 Å². The van der Waals surface area contributed by atoms with Gasteiger partial charge in [0.1, 0.15) is 17.4 Å². The molecule has 0 aliphatic heterocycles. The molecule has 19 heavy (non-hydrogen) atoms. The lowest BCUT2D eigenvalue weighted by atomic mass is 10.2. The molecule has 0 bridgehead atoms. The van der Waals surface area contributed by atoms with E-state index in [-0.39, 0.29) is 11.9 Å². The van der Waals surface area contributed by atoms with Gasteiger partial charge in [0, 0.05) is 12.5 Å². The third kappa shape index (κ3) is 3.18. The van der Waals surface area contributed by atoms with Crippen LogP contribution in [0, 0.1) is 20.8 Å². The number of hydrogen-bond acceptors (Lipinski definition) is 5. The van der Waals surface area contributed by atoms with Crippen molar-refractivity contribution in [1.29, 1.82) is 0 Å². The molecule has 7 heteroatoms. The van der Waals surface area contributed by atoms with Crippen LogP contribution in [0.5, 0.6) is 0 Å². The molecule has 1 atom stereocenters. The monoisotopic (exact) mass is 263 g/mol. The van der Waals surface area contributed by atoms with Crippen LogP contribution < -0.4 is 5.32 Å². The average Bonchev–Trinajstić information content (AvgIpc) is 2.84. The van der Waals surface area contributed by atoms with Crippen LogP contribution in [0.25, 0.3) is 0 Å². The summed E-state index contributed by atoms with van der Waals surface area (Å²) in [7, 11) is 0. The van der Waals surface area contributed by atoms with Gasteiger partial charge in [-0.3, -0.25) is 4.79 Å². The molecule has 1 amide bonds. The largest absolute Gasteiger partial charge is 0.360 e. The van der Waals surface area contributed by atoms with Gasteiger partial charge in [-0.15, -0.1) is 0 Å². The first kappa shape index (κ1) is 13.3. The highest BCUT2D eigenvalue weighted by Gasteiger charge is 2.15. The summed E-state index contributed by atoms with van der Waals surface area (Å²) in [6.07, 6.45) is 0.301. The first-order valence-electron chi connectivity index (χ1n) is 6.08. The molecule has 2 rings (SSSR count). The highest BCUT2D eigenvalue weighted by Crippen LogP contribution is 2.14. The Morgan fingerprint density at radius 2 is 2.21 bits per heavy atom. The Kier molecular flexibility index (Phi) is 3.64. The van der Waals surface area contributed by atoms with Crippen molar-refractivity contribution in [2.75, 3.05) is 5.32 Å². The molecular weight excluding hydrogens is 246 g/mol. The summed E-state index contributed by atoms with van der Waals surface area (Å²) >= 11 is 0. The van der Waals surface area contributed by atoms with Gasteiger partial charge in [-0.25, -0.2) is 9.67 Å². The van der Waals surface area contributed by atoms with Gasteiger partial charge in [-0.2, -0.15) is 5.10 Å². The molecular formula is C12H17N5O2. The summed E-state index contributed by atoms with van der Waals surface area (Å²) in [6.45, 7) is 7.39. The molecule has 102 valence electrons. The molecule has 0 unspecified atom stereocenters. The van der Waals surface area contributed by atoms with E-state index in [9.17, 15) is 4.79 Å². The van der Waals surface area contributed by atoms with E-state index in [1.165, 1.54) is 0 Å². The molecule has 0 aliphatic carbocycles. The fourth-order valence-corrected chi connectivity index (χ4v) is 1.93. The van der Waals surface area contributed by atoms with Gasteiger partial charge in [0.2, 0.25) is 5.91 Å². The summed E-state index contributed by atoms with van der Waals surface area (Å²) < 4.78 is 6.64. The van der Waals surface area contributed by atoms with E-state index in [4.69, 9.17) is 4.52 Å². The molecule has 1 N–H and O–H groups in total. The molecule has 0 saturated heterocycles. The lowest BCUT2D eigenvalue weighted by molar-refractivity contribution is -0.116. The van der Waals surface area contributed by atoms with Crippen LogP contribution in [0.4, 0.5) is 5.82 Å². The first-order chi connectivity index (χ1) is 8.95. The summed E-state index contributed by atoms with van der Waals surface area (Å²) in [6, 6.07) is 1.61. The fraction of sp³-hybridized carbons (Fsp3) is 0.500. The third-order valence-electron chi connectivity index (χ3n) is 2.70. The van der Waals surface area contributed by atoms with Crippen molar-refractivity contribution in [1.82, 2.24) is 19.9 Å². The van der Waals surface area contributed by atoms with Crippen LogP contribution in [0.3, 0.4) is 0 Å². The topological polar surface area (TPSA) is 85.8 Å². The fourth-order valence-electron chi connectivity index (χ4n) is 1.93. The van der Waals surface area contributed by atoms with Crippen LogP contribution in [0.2, 0.25) is 0 Å². The minimum atomic E-state index is -0.131. The van der Waals surface area contributed by atoms with Gasteiger partial charge in [0.05, 0.1) is 6.04 Å². The van der Waals surface area contributed by atoms with Crippen molar-refractivity contribution in [3.05, 3.63) is 23.5 Å². The highest BCUT2D eigenvalue weighted by atomic mass is 16.5. The van der Waals surface area contributed by atoms with E-state index in [1.807, 2.05) is 20.8 Å². The number of rotatable bonds is 4. The van der Waals surface area contributed by atoms with E-state index in [2.05, 4.69) is 20.6 Å². The Hall–Kier alpha value is -2.18. The Balaban J connectivity index is 1.97. The molecule has 7 nitrogen and oxygen atoms in total. The number of amides is 1. The standard InChI is InChI=1S/C12H17N5O2/c1-7(17-10(4)13-9(3)15-17)5-12(18)14-11-6-8(2)19-16-11/h6-7H,5H2,1-4H3,(H,14,16,18)/t7-/m1/s1. The van der Waals surface area contributed by atoms with Crippen molar-refractivity contribution >= 4 is 11.7 Å². The maximum Gasteiger partial charge on any atom is 0.227 e. The molecule has 0 aliphatic rings. The molecule has 0 radical (unpaired) electrons. The van der Waals surface area contributed by atoms with Crippen LogP contribution >= 0.6 is 0 Å². The molecule has 2 heterocycles. The Labute approximate surface area is 111 Å². The first-order valence-corrected chi connectivity index (χ1v) is 6.08. The van der Waals surface area contributed by atoms with Gasteiger partial charge in [-0.05, 0) is 27.7 Å². The Morgan fingerprint density at radius 1 is 1.47 bits per heavy atom. The van der Waals surface area contributed by atoms with Gasteiger partial charge in [0.25, 0.3) is 0 Å². The molecule has 0 fully saturated rings. The lowest BCUT2D eigenvalue weighted by Crippen LogP contribution is -2.19. The van der Waals surface area contributed by atoms with Crippen molar-refractivity contribution in [3.63, 3.8) is 0 Å². The van der Waals surface area contributed by atoms with E-state index in [0.717, 1.165) is 5.82 Å². The molecule has 0 aromatic carbocycles. The highest BCUT2D eigenvalue weighted by molar-refractivity contribution is 5.89. The van der Waals surface area contributed by atoms with Gasteiger partial charge < -0.3 is 9.84 Å². The van der Waals surface area contributed by atoms with Crippen LogP contribution in [0.15, 0.2) is 10.6 Å². The Morgan fingerprint density at radius 3 is 2.74 bits per heavy atom. The van der Waals surface area contributed by atoms with Crippen molar-refractivity contribution < 1.29 is 9.32 Å². The van der Waals surface area contributed by atoms with E-state index in [1.54, 1.807) is 17.7 Å². The second-order valence-corrected chi connectivity index (χ2v) is 4.57. The lowest BCUT2D eigenvalue weighted by Gasteiger charge is -2.12. The van der Waals surface area contributed by atoms with Crippen LogP contribution in [-0.2, 0) is 4.79 Å². The summed E-state index contributed by atoms with van der Waals surface area (Å²) in [5.41, 5.74) is 0. The second-order valence-electron chi connectivity index (χ2n) is 4.57. The molecule has 0 spiro atoms. The van der Waals surface area contributed by atoms with Gasteiger partial charge >= 0.3 is 0 Å². The molecule has 0 saturated carbocycles. The smallest absolute Gasteiger partial charge is 0.227 e. The molecule has 2 aromatic rings. The quantitative estimate of drug-likeness (QED) is 0.908. The Bertz CT molecular complexity index is 587. The zero-order valence-electron chi connectivity index (χ0n) is 11.5. The van der Waals surface area contributed by atoms with Crippen molar-refractivity contribution in [2.45, 2.75) is 40.2 Å². The number of nitrogens with one attached hydrogen (secondary N) is 1. The number of carbonyl (C=O) groups is 1. The second kappa shape index (κ2) is 5.21. The maximum atomic E-state index is 11.9. The summed E-state index contributed by atoms with van der Waals surface area (Å²) in [5, 5.41) is 10.7.